The van der Waals surface area contributed by atoms with Gasteiger partial charge in [-0.3, -0.25) is 0 Å². The van der Waals surface area contributed by atoms with Gasteiger partial charge in [-0.05, 0) is 0 Å². The van der Waals surface area contributed by atoms with Gasteiger partial charge in [0.2, 0.25) is 17.4 Å². The molecule has 0 unspecified atom stereocenters. The number of carbonyl (C=O) groups excluding carboxylic acids is 8. The van der Waals surface area contributed by atoms with Crippen LogP contribution in [0.5, 0.6) is 0 Å². The minimum Gasteiger partial charge on any atom is -0.394 e. The molecule has 0 aliphatic carbocycles. The van der Waals surface area contributed by atoms with Crippen molar-refractivity contribution in [2.45, 2.75) is 270 Å². The normalized spacial score (nSPS) is 45.1. The molecule has 43 atom stereocenters. The number of aliphatic hydroxyl groups excluding tert-OH is 39. The van der Waals surface area contributed by atoms with E-state index in [1.54, 1.807) is 0 Å². The van der Waals surface area contributed by atoms with Gasteiger partial charge in [0.25, 0.3) is 0 Å². The highest BCUT2D eigenvalue weighted by atomic mass is 16.8. The summed E-state index contributed by atoms with van der Waals surface area (Å²) >= 11 is 0. The summed E-state index contributed by atoms with van der Waals surface area (Å²) in [5, 5.41) is 369. The molecule has 0 aromatic carbocycles. The Bertz CT molecular complexity index is 2840. The van der Waals surface area contributed by atoms with Crippen LogP contribution in [0.3, 0.4) is 0 Å². The van der Waals surface area contributed by atoms with Crippen LogP contribution in [-0.2, 0) is 99.9 Å². The van der Waals surface area contributed by atoms with E-state index in [1.807, 2.05) is 0 Å². The Labute approximate surface area is 683 Å². The molecule has 40 N–H and O–H groups in total. The van der Waals surface area contributed by atoms with E-state index >= 15 is 0 Å². The summed E-state index contributed by atoms with van der Waals surface area (Å²) in [4.78, 5) is 65.0. The van der Waals surface area contributed by atoms with Gasteiger partial charge in [0.05, 0.1) is 72.7 Å². The first-order valence-electron chi connectivity index (χ1n) is 34.7. The van der Waals surface area contributed by atoms with E-state index in [0.717, 1.165) is 0 Å². The van der Waals surface area contributed by atoms with Gasteiger partial charge in [0, 0.05) is 0 Å². The molecule has 122 heavy (non-hydrogen) atoms. The minimum absolute atomic E-state index is 0. The Kier molecular flexibility index (Phi) is 56.8. The fraction of sp³-hybridized carbons (Fsp3) is 0.934. The monoisotopic (exact) mass is 1820 g/mol. The molecule has 10 saturated heterocycles. The second-order valence-corrected chi connectivity index (χ2v) is 26.0. The molecule has 10 rings (SSSR count). The standard InChI is InChI=1S/C12H22O11.2C11H20O10.2C6H12O6.2C5H10O5.4CO2.CH4/c13-1-4-6(16)8(18)9(19)11(21-4)23-12(3-15)10(20)7(17)5(2-14)22-12;12-1-5-7(16)9(18)11(3-13,20-5)21-10-8(17)6(15)4(14)2-19-10;12-1-3-5(14)7(16)9(18)11(19-3)21-10-8(17)6(15)4(2-13)20-10;7-1-3-4(9)5(10)6(11,2-8)12-3;7-1-2-3(8)4(9)5(10)6(11)12-2;6-2-1-10-5(9)4(8)3(2)7;6-1-2-3(7)4(8)5(9)10-2;4*2-1-3;/h4-11,13-20H,1-3H2;4-10,12-18H,1-3H2;3-18H,1-2H2;3-5,7-11H,1-2H2;2-11H,1H2;2*2-9H,1H2;;;;;1H4/t4-,5-,6-,7-,8+,9-,10+,11-,12+;4-,5-,6+,7-,8-,9+,10-,11+;3-,4-,5-,6-,7+,8+,9-,10+,11-;3-,4-,5+,6-;2-,3-,4+,5-,6+;2-,3+,4-,5+;2-,3-,4+,5-;;;;;/m1111111...../s1. The van der Waals surface area contributed by atoms with E-state index in [1.165, 1.54) is 0 Å². The maximum atomic E-state index is 10.00. The highest BCUT2D eigenvalue weighted by Gasteiger charge is 2.61. The van der Waals surface area contributed by atoms with Crippen molar-refractivity contribution in [3.8, 4) is 0 Å². The Morgan fingerprint density at radius 3 is 0.803 bits per heavy atom. The molecule has 720 valence electrons. The molecule has 0 aromatic heterocycles. The lowest BCUT2D eigenvalue weighted by molar-refractivity contribution is -0.383. The van der Waals surface area contributed by atoms with Crippen LogP contribution in [0.2, 0.25) is 0 Å². The molecule has 0 aromatic rings. The van der Waals surface area contributed by atoms with Gasteiger partial charge in [0.15, 0.2) is 44.0 Å². The van der Waals surface area contributed by atoms with Crippen LogP contribution in [0, 0.1) is 0 Å². The highest BCUT2D eigenvalue weighted by molar-refractivity contribution is 5.21. The lowest BCUT2D eigenvalue weighted by Crippen LogP contribution is -2.62. The molecule has 0 radical (unpaired) electrons. The van der Waals surface area contributed by atoms with E-state index in [0.29, 0.717) is 0 Å². The molecule has 61 heteroatoms. The summed E-state index contributed by atoms with van der Waals surface area (Å²) < 4.78 is 64.2. The van der Waals surface area contributed by atoms with E-state index in [9.17, 15) is 91.9 Å². The molecule has 10 aliphatic rings. The zero-order valence-electron chi connectivity index (χ0n) is 62.2. The molecular formula is C61H110O61. The third kappa shape index (κ3) is 32.0. The van der Waals surface area contributed by atoms with Crippen LogP contribution in [0.1, 0.15) is 7.43 Å². The van der Waals surface area contributed by atoms with Gasteiger partial charge < -0.3 is 266 Å². The molecule has 61 nitrogen and oxygen atoms in total. The van der Waals surface area contributed by atoms with E-state index < -0.39 is 335 Å². The van der Waals surface area contributed by atoms with Gasteiger partial charge in [0.1, 0.15) is 215 Å². The van der Waals surface area contributed by atoms with Crippen molar-refractivity contribution in [1.82, 2.24) is 0 Å². The van der Waals surface area contributed by atoms with Crippen LogP contribution < -0.4 is 0 Å². The number of rotatable bonds is 17. The fourth-order valence-electron chi connectivity index (χ4n) is 11.2. The van der Waals surface area contributed by atoms with Crippen LogP contribution >= 0.6 is 0 Å². The molecule has 0 spiro atoms. The predicted molar refractivity (Wildman–Crippen MR) is 353 cm³/mol. The second-order valence-electron chi connectivity index (χ2n) is 26.0. The molecular weight excluding hydrogens is 1710 g/mol. The summed E-state index contributed by atoms with van der Waals surface area (Å²) in [5.74, 6) is -6.51. The van der Waals surface area contributed by atoms with Gasteiger partial charge in [-0.1, -0.05) is 7.43 Å². The molecule has 0 bridgehead atoms. The largest absolute Gasteiger partial charge is 0.394 e. The Morgan fingerprint density at radius 2 is 0.500 bits per heavy atom. The quantitative estimate of drug-likeness (QED) is 0.0643. The number of ether oxygens (including phenoxy) is 13. The van der Waals surface area contributed by atoms with Crippen molar-refractivity contribution in [2.24, 2.45) is 0 Å². The number of hydrogen-bond donors (Lipinski definition) is 40. The van der Waals surface area contributed by atoms with Crippen LogP contribution in [0.15, 0.2) is 0 Å². The topological polar surface area (TPSA) is 1070 Å². The van der Waals surface area contributed by atoms with Crippen molar-refractivity contribution >= 4 is 24.6 Å². The average Bonchev–Trinajstić information content (AvgIpc) is 1.60. The van der Waals surface area contributed by atoms with Crippen molar-refractivity contribution < 1.29 is 304 Å². The first kappa shape index (κ1) is 119. The summed E-state index contributed by atoms with van der Waals surface area (Å²) in [6.45, 7) is -7.80. The number of hydrogen-bond acceptors (Lipinski definition) is 61. The lowest BCUT2D eigenvalue weighted by Gasteiger charge is -2.43. The zero-order chi connectivity index (χ0) is 93.8. The maximum Gasteiger partial charge on any atom is 0.373 e. The fourth-order valence-corrected chi connectivity index (χ4v) is 11.2. The first-order chi connectivity index (χ1) is 56.6. The molecule has 0 amide bonds. The van der Waals surface area contributed by atoms with Crippen LogP contribution in [0.4, 0.5) is 0 Å². The molecule has 10 aliphatic heterocycles. The molecule has 10 fully saturated rings. The Balaban J connectivity index is 0. The molecule has 10 heterocycles. The SMILES string of the molecule is C.O=C=O.O=C=O.O=C=O.O=C=O.OC[C@H]1O[C@@H](O)[C@@H](O)[C@@H]1O.OC[C@H]1O[C@@](CO)(O[C@H]2OC[C@@H](O)[C@H](O)[C@H]2O)[C@@H](O)[C@@H]1O.OC[C@H]1O[C@@](CO)(O[C@H]2O[C@H](CO)[C@@H](O)[C@H](O)[C@H]2O)[C@@H](O)[C@@H]1O.OC[C@H]1O[C@H](O)[C@H](O)[C@@H](O)[C@@H]1O.OC[C@H]1O[C@H](O[C@@H]2O[C@H](CO)[C@@H](O)[C@@H]2O)[C@H](O)[C@@H](O)[C@@H]1O.OC[C@H]1O[C@](O)(CO)[C@@H](O)[C@@H]1O.O[C@@H]1[C@@H](O)[C@@H](O)OC[C@H]1O. The van der Waals surface area contributed by atoms with E-state index in [4.69, 9.17) is 193 Å². The Hall–Kier alpha value is -4.60. The summed E-state index contributed by atoms with van der Waals surface area (Å²) in [5.41, 5.74) is 0. The summed E-state index contributed by atoms with van der Waals surface area (Å²) in [7, 11) is 0. The van der Waals surface area contributed by atoms with E-state index in [2.05, 4.69) is 18.9 Å². The van der Waals surface area contributed by atoms with Gasteiger partial charge in [-0.2, -0.15) is 38.4 Å². The highest BCUT2D eigenvalue weighted by Crippen LogP contribution is 2.38. The minimum atomic E-state index is -2.22. The van der Waals surface area contributed by atoms with E-state index in [-0.39, 0.29) is 45.2 Å². The predicted octanol–water partition coefficient (Wildman–Crippen LogP) is -28.2. The third-order valence-corrected chi connectivity index (χ3v) is 18.1. The number of aliphatic hydroxyl groups is 40. The maximum absolute atomic E-state index is 10.00. The van der Waals surface area contributed by atoms with Gasteiger partial charge in [-0.15, -0.1) is 0 Å². The van der Waals surface area contributed by atoms with Crippen molar-refractivity contribution in [2.75, 3.05) is 85.9 Å². The smallest absolute Gasteiger partial charge is 0.373 e. The average molecular weight is 1820 g/mol. The summed E-state index contributed by atoms with van der Waals surface area (Å²) in [6.07, 6.45) is -56.0. The van der Waals surface area contributed by atoms with Crippen LogP contribution in [-0.4, -0.2) is 578 Å². The van der Waals surface area contributed by atoms with Gasteiger partial charge >= 0.3 is 24.6 Å². The summed E-state index contributed by atoms with van der Waals surface area (Å²) in [6, 6.07) is 0. The van der Waals surface area contributed by atoms with Crippen molar-refractivity contribution in [3.63, 3.8) is 0 Å². The van der Waals surface area contributed by atoms with Gasteiger partial charge in [-0.25, -0.2) is 0 Å². The van der Waals surface area contributed by atoms with Crippen molar-refractivity contribution in [1.29, 1.82) is 0 Å². The lowest BCUT2D eigenvalue weighted by atomic mass is 9.99. The zero-order valence-corrected chi connectivity index (χ0v) is 62.2. The third-order valence-electron chi connectivity index (χ3n) is 18.1. The van der Waals surface area contributed by atoms with Crippen LogP contribution in [0.25, 0.3) is 0 Å². The second kappa shape index (κ2) is 58.1. The van der Waals surface area contributed by atoms with Crippen molar-refractivity contribution in [3.05, 3.63) is 0 Å². The molecule has 0 saturated carbocycles. The first-order valence-corrected chi connectivity index (χ1v) is 34.7. The Morgan fingerprint density at radius 1 is 0.254 bits per heavy atom.